The highest BCUT2D eigenvalue weighted by molar-refractivity contribution is 4.74. The molecule has 2 nitrogen and oxygen atoms in total. The fourth-order valence-electron chi connectivity index (χ4n) is 1.35. The maximum atomic E-state index is 9.48. The van der Waals surface area contributed by atoms with E-state index < -0.39 is 6.10 Å². The number of aliphatic hydroxyl groups excluding tert-OH is 2. The van der Waals surface area contributed by atoms with Crippen molar-refractivity contribution >= 4 is 0 Å². The molecule has 2 heteroatoms. The summed E-state index contributed by atoms with van der Waals surface area (Å²) in [6.45, 7) is 5.68. The average Bonchev–Trinajstić information content (AvgIpc) is 2.05. The third-order valence-corrected chi connectivity index (χ3v) is 2.12. The summed E-state index contributed by atoms with van der Waals surface area (Å²) in [5.41, 5.74) is 0. The van der Waals surface area contributed by atoms with Crippen molar-refractivity contribution in [2.45, 2.75) is 57.7 Å². The molecule has 0 aliphatic rings. The van der Waals surface area contributed by atoms with Crippen molar-refractivity contribution in [2.75, 3.05) is 0 Å². The van der Waals surface area contributed by atoms with Crippen LogP contribution in [0.3, 0.4) is 0 Å². The molecular formula is C11H22O2. The molecule has 0 amide bonds. The zero-order chi connectivity index (χ0) is 10.1. The highest BCUT2D eigenvalue weighted by Crippen LogP contribution is 2.10. The van der Waals surface area contributed by atoms with Crippen LogP contribution in [0.2, 0.25) is 0 Å². The first-order valence-electron chi connectivity index (χ1n) is 5.17. The third-order valence-electron chi connectivity index (χ3n) is 2.12. The molecule has 2 atom stereocenters. The Bertz CT molecular complexity index is 123. The van der Waals surface area contributed by atoms with Crippen LogP contribution in [-0.4, -0.2) is 22.4 Å². The van der Waals surface area contributed by atoms with E-state index in [1.165, 1.54) is 6.42 Å². The average molecular weight is 186 g/mol. The Morgan fingerprint density at radius 1 is 1.23 bits per heavy atom. The Morgan fingerprint density at radius 3 is 2.46 bits per heavy atom. The summed E-state index contributed by atoms with van der Waals surface area (Å²) in [4.78, 5) is 0. The summed E-state index contributed by atoms with van der Waals surface area (Å²) in [7, 11) is 0. The minimum absolute atomic E-state index is 0.346. The summed E-state index contributed by atoms with van der Waals surface area (Å²) in [5, 5.41) is 18.8. The first-order valence-corrected chi connectivity index (χ1v) is 5.17. The Labute approximate surface area is 81.3 Å². The van der Waals surface area contributed by atoms with Crippen LogP contribution in [0.25, 0.3) is 0 Å². The van der Waals surface area contributed by atoms with Crippen molar-refractivity contribution in [3.05, 3.63) is 12.7 Å². The zero-order valence-corrected chi connectivity index (χ0v) is 8.58. The summed E-state index contributed by atoms with van der Waals surface area (Å²) in [6.07, 6.45) is 6.16. The molecule has 0 heterocycles. The van der Waals surface area contributed by atoms with Crippen LogP contribution in [0.4, 0.5) is 0 Å². The number of unbranched alkanes of at least 4 members (excludes halogenated alkanes) is 2. The van der Waals surface area contributed by atoms with E-state index in [9.17, 15) is 10.2 Å². The number of hydrogen-bond acceptors (Lipinski definition) is 2. The van der Waals surface area contributed by atoms with Crippen LogP contribution < -0.4 is 0 Å². The maximum Gasteiger partial charge on any atom is 0.0599 e. The van der Waals surface area contributed by atoms with Gasteiger partial charge in [0.05, 0.1) is 12.2 Å². The zero-order valence-electron chi connectivity index (χ0n) is 8.58. The number of rotatable bonds is 8. The standard InChI is InChI=1S/C11H22O2/c1-3-5-6-8-11(13)9-10(12)7-4-2/h4,10-13H,2-3,5-9H2,1H3. The molecule has 0 saturated heterocycles. The van der Waals surface area contributed by atoms with Gasteiger partial charge in [-0.1, -0.05) is 32.3 Å². The second kappa shape index (κ2) is 8.27. The van der Waals surface area contributed by atoms with Crippen molar-refractivity contribution in [1.82, 2.24) is 0 Å². The van der Waals surface area contributed by atoms with Gasteiger partial charge in [0.1, 0.15) is 0 Å². The number of aliphatic hydroxyl groups is 2. The summed E-state index contributed by atoms with van der Waals surface area (Å²) >= 11 is 0. The van der Waals surface area contributed by atoms with Gasteiger partial charge in [0.2, 0.25) is 0 Å². The molecule has 0 bridgehead atoms. The minimum atomic E-state index is -0.422. The quantitative estimate of drug-likeness (QED) is 0.451. The predicted molar refractivity (Wildman–Crippen MR) is 55.6 cm³/mol. The lowest BCUT2D eigenvalue weighted by molar-refractivity contribution is 0.0758. The molecule has 0 rings (SSSR count). The molecule has 0 aliphatic carbocycles. The lowest BCUT2D eigenvalue weighted by atomic mass is 10.0. The van der Waals surface area contributed by atoms with Crippen molar-refractivity contribution in [2.24, 2.45) is 0 Å². The van der Waals surface area contributed by atoms with E-state index in [0.29, 0.717) is 12.8 Å². The van der Waals surface area contributed by atoms with Crippen molar-refractivity contribution < 1.29 is 10.2 Å². The molecule has 78 valence electrons. The van der Waals surface area contributed by atoms with Crippen LogP contribution in [0.15, 0.2) is 12.7 Å². The van der Waals surface area contributed by atoms with E-state index in [2.05, 4.69) is 13.5 Å². The van der Waals surface area contributed by atoms with Crippen LogP contribution in [-0.2, 0) is 0 Å². The molecule has 0 aliphatic heterocycles. The molecule has 0 spiro atoms. The molecule has 0 saturated carbocycles. The SMILES string of the molecule is C=CCC(O)CC(O)CCCCC. The summed E-state index contributed by atoms with van der Waals surface area (Å²) in [5.74, 6) is 0. The third kappa shape index (κ3) is 8.00. The second-order valence-electron chi connectivity index (χ2n) is 3.56. The smallest absolute Gasteiger partial charge is 0.0599 e. The Kier molecular flexibility index (Phi) is 8.05. The Balaban J connectivity index is 3.37. The minimum Gasteiger partial charge on any atom is -0.393 e. The molecule has 0 fully saturated rings. The van der Waals surface area contributed by atoms with Gasteiger partial charge in [-0.05, 0) is 19.3 Å². The van der Waals surface area contributed by atoms with Gasteiger partial charge in [0, 0.05) is 0 Å². The van der Waals surface area contributed by atoms with Crippen molar-refractivity contribution in [3.63, 3.8) is 0 Å². The molecule has 0 aromatic heterocycles. The van der Waals surface area contributed by atoms with Gasteiger partial charge in [0.25, 0.3) is 0 Å². The molecule has 0 aromatic carbocycles. The van der Waals surface area contributed by atoms with Crippen LogP contribution in [0.5, 0.6) is 0 Å². The Morgan fingerprint density at radius 2 is 1.92 bits per heavy atom. The fraction of sp³-hybridized carbons (Fsp3) is 0.818. The highest BCUT2D eigenvalue weighted by Gasteiger charge is 2.09. The van der Waals surface area contributed by atoms with Crippen molar-refractivity contribution in [1.29, 1.82) is 0 Å². The monoisotopic (exact) mass is 186 g/mol. The van der Waals surface area contributed by atoms with Crippen LogP contribution in [0.1, 0.15) is 45.4 Å². The molecule has 13 heavy (non-hydrogen) atoms. The molecule has 2 unspecified atom stereocenters. The lowest BCUT2D eigenvalue weighted by Gasteiger charge is -2.13. The van der Waals surface area contributed by atoms with E-state index in [-0.39, 0.29) is 6.10 Å². The maximum absolute atomic E-state index is 9.48. The fourth-order valence-corrected chi connectivity index (χ4v) is 1.35. The van der Waals surface area contributed by atoms with Gasteiger partial charge >= 0.3 is 0 Å². The summed E-state index contributed by atoms with van der Waals surface area (Å²) in [6, 6.07) is 0. The van der Waals surface area contributed by atoms with E-state index in [4.69, 9.17) is 0 Å². The first kappa shape index (κ1) is 12.7. The van der Waals surface area contributed by atoms with E-state index in [1.807, 2.05) is 0 Å². The topological polar surface area (TPSA) is 40.5 Å². The van der Waals surface area contributed by atoms with Gasteiger partial charge in [-0.3, -0.25) is 0 Å². The van der Waals surface area contributed by atoms with E-state index in [0.717, 1.165) is 19.3 Å². The molecule has 0 aromatic rings. The molecule has 2 N–H and O–H groups in total. The van der Waals surface area contributed by atoms with E-state index >= 15 is 0 Å². The lowest BCUT2D eigenvalue weighted by Crippen LogP contribution is -2.16. The molecular weight excluding hydrogens is 164 g/mol. The second-order valence-corrected chi connectivity index (χ2v) is 3.56. The van der Waals surface area contributed by atoms with E-state index in [1.54, 1.807) is 6.08 Å². The normalized spacial score (nSPS) is 15.3. The van der Waals surface area contributed by atoms with Gasteiger partial charge in [-0.2, -0.15) is 0 Å². The summed E-state index contributed by atoms with van der Waals surface area (Å²) < 4.78 is 0. The first-order chi connectivity index (χ1) is 6.20. The predicted octanol–water partition coefficient (Wildman–Crippen LogP) is 2.25. The van der Waals surface area contributed by atoms with Crippen LogP contribution >= 0.6 is 0 Å². The van der Waals surface area contributed by atoms with Crippen LogP contribution in [0, 0.1) is 0 Å². The largest absolute Gasteiger partial charge is 0.393 e. The van der Waals surface area contributed by atoms with Crippen molar-refractivity contribution in [3.8, 4) is 0 Å². The van der Waals surface area contributed by atoms with Gasteiger partial charge in [-0.15, -0.1) is 6.58 Å². The Hall–Kier alpha value is -0.340. The van der Waals surface area contributed by atoms with Gasteiger partial charge in [0.15, 0.2) is 0 Å². The molecule has 0 radical (unpaired) electrons. The van der Waals surface area contributed by atoms with Gasteiger partial charge < -0.3 is 10.2 Å². The number of hydrogen-bond donors (Lipinski definition) is 2. The van der Waals surface area contributed by atoms with Gasteiger partial charge in [-0.25, -0.2) is 0 Å². The highest BCUT2D eigenvalue weighted by atomic mass is 16.3.